The number of unbranched alkanes of at least 4 members (excludes halogenated alkanes) is 2. The fourth-order valence-electron chi connectivity index (χ4n) is 4.22. The maximum atomic E-state index is 12.4. The predicted molar refractivity (Wildman–Crippen MR) is 91.0 cm³/mol. The second-order valence-corrected chi connectivity index (χ2v) is 7.37. The third-order valence-corrected chi connectivity index (χ3v) is 5.75. The van der Waals surface area contributed by atoms with Crippen LogP contribution in [0.5, 0.6) is 0 Å². The number of aromatic nitrogens is 1. The molecule has 1 saturated carbocycles. The fraction of sp³-hybridized carbons (Fsp3) is 0.737. The summed E-state index contributed by atoms with van der Waals surface area (Å²) in [5.41, 5.74) is -0.480. The largest absolute Gasteiger partial charge is 0.389 e. The van der Waals surface area contributed by atoms with Gasteiger partial charge in [-0.25, -0.2) is 0 Å². The molecular formula is C19H30N2O2. The topological polar surface area (TPSA) is 45.5 Å². The van der Waals surface area contributed by atoms with Crippen LogP contribution in [0.3, 0.4) is 0 Å². The van der Waals surface area contributed by atoms with Crippen LogP contribution in [-0.2, 0) is 11.3 Å². The van der Waals surface area contributed by atoms with E-state index < -0.39 is 5.60 Å². The van der Waals surface area contributed by atoms with Gasteiger partial charge in [0.1, 0.15) is 0 Å². The molecule has 4 heteroatoms. The maximum Gasteiger partial charge on any atom is 0.222 e. The number of carbonyl (C=O) groups is 1. The summed E-state index contributed by atoms with van der Waals surface area (Å²) in [5, 5.41) is 10.7. The molecule has 2 atom stereocenters. The number of hydrogen-bond acceptors (Lipinski definition) is 2. The lowest BCUT2D eigenvalue weighted by Crippen LogP contribution is -2.54. The normalized spacial score (nSPS) is 27.7. The van der Waals surface area contributed by atoms with E-state index in [9.17, 15) is 9.90 Å². The van der Waals surface area contributed by atoms with Gasteiger partial charge in [0, 0.05) is 44.4 Å². The van der Waals surface area contributed by atoms with Crippen molar-refractivity contribution in [3.8, 4) is 0 Å². The van der Waals surface area contributed by atoms with Crippen LogP contribution >= 0.6 is 0 Å². The van der Waals surface area contributed by atoms with Crippen molar-refractivity contribution in [1.29, 1.82) is 0 Å². The Balaban J connectivity index is 1.35. The minimum absolute atomic E-state index is 0.290. The smallest absolute Gasteiger partial charge is 0.222 e. The van der Waals surface area contributed by atoms with E-state index in [0.717, 1.165) is 64.6 Å². The van der Waals surface area contributed by atoms with Gasteiger partial charge in [0.2, 0.25) is 5.91 Å². The quantitative estimate of drug-likeness (QED) is 0.819. The Morgan fingerprint density at radius 2 is 1.96 bits per heavy atom. The van der Waals surface area contributed by atoms with Crippen molar-refractivity contribution in [2.24, 2.45) is 5.92 Å². The number of carbonyl (C=O) groups excluding carboxylic acids is 1. The Morgan fingerprint density at radius 1 is 1.13 bits per heavy atom. The fourth-order valence-corrected chi connectivity index (χ4v) is 4.22. The zero-order chi connectivity index (χ0) is 16.1. The van der Waals surface area contributed by atoms with Gasteiger partial charge in [0.05, 0.1) is 5.60 Å². The van der Waals surface area contributed by atoms with Crippen LogP contribution in [0.1, 0.15) is 57.8 Å². The van der Waals surface area contributed by atoms with Gasteiger partial charge in [0.25, 0.3) is 0 Å². The highest BCUT2D eigenvalue weighted by atomic mass is 16.3. The third-order valence-electron chi connectivity index (χ3n) is 5.75. The van der Waals surface area contributed by atoms with E-state index in [1.807, 2.05) is 17.0 Å². The molecule has 23 heavy (non-hydrogen) atoms. The Bertz CT molecular complexity index is 499. The zero-order valence-corrected chi connectivity index (χ0v) is 14.1. The molecule has 1 aliphatic carbocycles. The first-order valence-corrected chi connectivity index (χ1v) is 9.28. The van der Waals surface area contributed by atoms with Crippen molar-refractivity contribution >= 4 is 5.91 Å². The average molecular weight is 318 g/mol. The van der Waals surface area contributed by atoms with E-state index >= 15 is 0 Å². The predicted octanol–water partition coefficient (Wildman–Crippen LogP) is 3.20. The number of likely N-dealkylation sites (tertiary alicyclic amines) is 1. The lowest BCUT2D eigenvalue weighted by atomic mass is 9.71. The first-order valence-electron chi connectivity index (χ1n) is 9.28. The standard InChI is InChI=1S/C19H30N2O2/c22-18(9-2-1-5-12-20-13-6-7-14-20)21-15-11-19(23)10-4-3-8-17(19)16-21/h6-7,13-14,17,23H,1-5,8-12,15-16H2/t17-,19+/m0/s1. The molecule has 0 bridgehead atoms. The lowest BCUT2D eigenvalue weighted by Gasteiger charge is -2.47. The first kappa shape index (κ1) is 16.6. The Morgan fingerprint density at radius 3 is 2.78 bits per heavy atom. The second kappa shape index (κ2) is 7.52. The molecule has 0 aromatic carbocycles. The molecule has 1 aliphatic heterocycles. The average Bonchev–Trinajstić information content (AvgIpc) is 3.07. The van der Waals surface area contributed by atoms with Gasteiger partial charge < -0.3 is 14.6 Å². The van der Waals surface area contributed by atoms with Crippen LogP contribution in [0.25, 0.3) is 0 Å². The van der Waals surface area contributed by atoms with Crippen molar-refractivity contribution in [1.82, 2.24) is 9.47 Å². The zero-order valence-electron chi connectivity index (χ0n) is 14.1. The van der Waals surface area contributed by atoms with Crippen LogP contribution in [-0.4, -0.2) is 39.2 Å². The van der Waals surface area contributed by atoms with Crippen LogP contribution < -0.4 is 0 Å². The molecule has 1 aromatic rings. The molecule has 0 radical (unpaired) electrons. The van der Waals surface area contributed by atoms with E-state index in [-0.39, 0.29) is 0 Å². The molecule has 0 unspecified atom stereocenters. The van der Waals surface area contributed by atoms with Crippen molar-refractivity contribution < 1.29 is 9.90 Å². The molecule has 2 heterocycles. The third kappa shape index (κ3) is 4.17. The monoisotopic (exact) mass is 318 g/mol. The molecule has 1 amide bonds. The summed E-state index contributed by atoms with van der Waals surface area (Å²) in [6.07, 6.45) is 13.2. The van der Waals surface area contributed by atoms with E-state index in [1.165, 1.54) is 6.42 Å². The number of piperidine rings is 1. The highest BCUT2D eigenvalue weighted by Gasteiger charge is 2.43. The minimum Gasteiger partial charge on any atom is -0.389 e. The molecule has 2 fully saturated rings. The van der Waals surface area contributed by atoms with Crippen molar-refractivity contribution in [2.75, 3.05) is 13.1 Å². The maximum absolute atomic E-state index is 12.4. The molecule has 1 saturated heterocycles. The summed E-state index contributed by atoms with van der Waals surface area (Å²) in [5.74, 6) is 0.598. The van der Waals surface area contributed by atoms with E-state index in [1.54, 1.807) is 0 Å². The van der Waals surface area contributed by atoms with E-state index in [4.69, 9.17) is 0 Å². The number of hydrogen-bond donors (Lipinski definition) is 1. The molecule has 4 nitrogen and oxygen atoms in total. The van der Waals surface area contributed by atoms with Gasteiger partial charge >= 0.3 is 0 Å². The van der Waals surface area contributed by atoms with Crippen LogP contribution in [0.15, 0.2) is 24.5 Å². The van der Waals surface area contributed by atoms with Crippen LogP contribution in [0.4, 0.5) is 0 Å². The highest BCUT2D eigenvalue weighted by molar-refractivity contribution is 5.76. The molecule has 1 aromatic heterocycles. The summed E-state index contributed by atoms with van der Waals surface area (Å²) >= 11 is 0. The van der Waals surface area contributed by atoms with Gasteiger partial charge in [-0.05, 0) is 44.2 Å². The molecular weight excluding hydrogens is 288 g/mol. The number of amides is 1. The van der Waals surface area contributed by atoms with Crippen molar-refractivity contribution in [3.63, 3.8) is 0 Å². The summed E-state index contributed by atoms with van der Waals surface area (Å²) in [6, 6.07) is 4.10. The summed E-state index contributed by atoms with van der Waals surface area (Å²) in [7, 11) is 0. The number of aliphatic hydroxyl groups is 1. The summed E-state index contributed by atoms with van der Waals surface area (Å²) in [4.78, 5) is 14.4. The number of fused-ring (bicyclic) bond motifs is 1. The van der Waals surface area contributed by atoms with E-state index in [0.29, 0.717) is 18.2 Å². The number of aryl methyl sites for hydroxylation is 1. The van der Waals surface area contributed by atoms with Gasteiger partial charge in [-0.1, -0.05) is 19.3 Å². The Hall–Kier alpha value is -1.29. The van der Waals surface area contributed by atoms with Crippen molar-refractivity contribution in [3.05, 3.63) is 24.5 Å². The van der Waals surface area contributed by atoms with Gasteiger partial charge in [-0.3, -0.25) is 4.79 Å². The molecule has 128 valence electrons. The molecule has 0 spiro atoms. The Labute approximate surface area is 139 Å². The van der Waals surface area contributed by atoms with Crippen molar-refractivity contribution in [2.45, 2.75) is 69.9 Å². The number of nitrogens with zero attached hydrogens (tertiary/aromatic N) is 2. The lowest BCUT2D eigenvalue weighted by molar-refractivity contribution is -0.143. The first-order chi connectivity index (χ1) is 11.2. The van der Waals surface area contributed by atoms with Gasteiger partial charge in [-0.2, -0.15) is 0 Å². The van der Waals surface area contributed by atoms with Crippen LogP contribution in [0.2, 0.25) is 0 Å². The number of rotatable bonds is 6. The Kier molecular flexibility index (Phi) is 5.42. The van der Waals surface area contributed by atoms with E-state index in [2.05, 4.69) is 17.0 Å². The summed E-state index contributed by atoms with van der Waals surface area (Å²) < 4.78 is 2.19. The van der Waals surface area contributed by atoms with Gasteiger partial charge in [-0.15, -0.1) is 0 Å². The second-order valence-electron chi connectivity index (χ2n) is 7.37. The van der Waals surface area contributed by atoms with Crippen LogP contribution in [0, 0.1) is 5.92 Å². The minimum atomic E-state index is -0.480. The SMILES string of the molecule is O=C(CCCCCn1cccc1)N1CC[C@]2(O)CCCC[C@H]2C1. The summed E-state index contributed by atoms with van der Waals surface area (Å²) in [6.45, 7) is 2.56. The molecule has 3 rings (SSSR count). The van der Waals surface area contributed by atoms with Gasteiger partial charge in [0.15, 0.2) is 0 Å². The molecule has 2 aliphatic rings. The molecule has 1 N–H and O–H groups in total. The highest BCUT2D eigenvalue weighted by Crippen LogP contribution is 2.39.